The van der Waals surface area contributed by atoms with Gasteiger partial charge in [-0.05, 0) is 19.1 Å². The highest BCUT2D eigenvalue weighted by molar-refractivity contribution is 5.88. The van der Waals surface area contributed by atoms with Gasteiger partial charge in [0.15, 0.2) is 12.6 Å². The summed E-state index contributed by atoms with van der Waals surface area (Å²) in [7, 11) is 0. The van der Waals surface area contributed by atoms with Gasteiger partial charge in [-0.15, -0.1) is 0 Å². The molecule has 7 heteroatoms. The van der Waals surface area contributed by atoms with Gasteiger partial charge in [-0.2, -0.15) is 10.4 Å². The van der Waals surface area contributed by atoms with Gasteiger partial charge >= 0.3 is 0 Å². The van der Waals surface area contributed by atoms with Crippen LogP contribution in [0.15, 0.2) is 59.7 Å². The van der Waals surface area contributed by atoms with E-state index in [2.05, 4.69) is 22.7 Å². The monoisotopic (exact) mass is 393 g/mol. The lowest BCUT2D eigenvalue weighted by molar-refractivity contribution is -0.928. The maximum Gasteiger partial charge on any atom is 0.277 e. The zero-order valence-corrected chi connectivity index (χ0v) is 16.4. The molecule has 0 radical (unpaired) electrons. The molecule has 0 unspecified atom stereocenters. The molecule has 1 saturated heterocycles. The Morgan fingerprint density at radius 1 is 1.21 bits per heavy atom. The average Bonchev–Trinajstić information content (AvgIpc) is 2.78. The lowest BCUT2D eigenvalue weighted by Gasteiger charge is -2.31. The Labute approximate surface area is 170 Å². The molecule has 150 valence electrons. The van der Waals surface area contributed by atoms with Crippen molar-refractivity contribution in [1.82, 2.24) is 5.43 Å². The SMILES string of the molecule is C/C(=N/NC(=O)COc1ccccc1C#N)[C@H](c1ccccc1)[NH+]1CCOCC1. The molecule has 1 aliphatic heterocycles. The van der Waals surface area contributed by atoms with Crippen molar-refractivity contribution in [2.24, 2.45) is 5.10 Å². The zero-order valence-electron chi connectivity index (χ0n) is 16.4. The van der Waals surface area contributed by atoms with Crippen molar-refractivity contribution in [2.45, 2.75) is 13.0 Å². The van der Waals surface area contributed by atoms with E-state index in [1.54, 1.807) is 24.3 Å². The molecule has 2 N–H and O–H groups in total. The van der Waals surface area contributed by atoms with Gasteiger partial charge in [0.1, 0.15) is 24.9 Å². The molecule has 29 heavy (non-hydrogen) atoms. The minimum Gasteiger partial charge on any atom is -0.482 e. The number of carbonyl (C=O) groups excluding carboxylic acids is 1. The van der Waals surface area contributed by atoms with Gasteiger partial charge in [0.2, 0.25) is 0 Å². The van der Waals surface area contributed by atoms with Gasteiger partial charge in [-0.1, -0.05) is 42.5 Å². The van der Waals surface area contributed by atoms with Crippen molar-refractivity contribution < 1.29 is 19.2 Å². The topological polar surface area (TPSA) is 88.1 Å². The van der Waals surface area contributed by atoms with E-state index >= 15 is 0 Å². The van der Waals surface area contributed by atoms with Crippen LogP contribution in [-0.4, -0.2) is 44.5 Å². The summed E-state index contributed by atoms with van der Waals surface area (Å²) in [5.74, 6) is 0.00616. The number of quaternary nitrogens is 1. The van der Waals surface area contributed by atoms with E-state index in [9.17, 15) is 4.79 Å². The number of benzene rings is 2. The Morgan fingerprint density at radius 3 is 2.62 bits per heavy atom. The summed E-state index contributed by atoms with van der Waals surface area (Å²) in [5.41, 5.74) is 4.94. The van der Waals surface area contributed by atoms with E-state index in [-0.39, 0.29) is 18.6 Å². The van der Waals surface area contributed by atoms with E-state index in [0.717, 1.165) is 24.4 Å². The number of hydrogen-bond acceptors (Lipinski definition) is 5. The highest BCUT2D eigenvalue weighted by Gasteiger charge is 2.29. The Balaban J connectivity index is 1.65. The Hall–Kier alpha value is -3.21. The van der Waals surface area contributed by atoms with Crippen LogP contribution >= 0.6 is 0 Å². The summed E-state index contributed by atoms with van der Waals surface area (Å²) in [4.78, 5) is 13.6. The van der Waals surface area contributed by atoms with Crippen LogP contribution in [0.25, 0.3) is 0 Å². The van der Waals surface area contributed by atoms with Crippen molar-refractivity contribution in [1.29, 1.82) is 5.26 Å². The molecule has 2 aromatic carbocycles. The third kappa shape index (κ3) is 5.64. The highest BCUT2D eigenvalue weighted by atomic mass is 16.5. The predicted octanol–water partition coefficient (Wildman–Crippen LogP) is 1.09. The van der Waals surface area contributed by atoms with Crippen LogP contribution in [0.2, 0.25) is 0 Å². The second-order valence-corrected chi connectivity index (χ2v) is 6.80. The van der Waals surface area contributed by atoms with Gasteiger partial charge < -0.3 is 14.4 Å². The number of hydrazone groups is 1. The molecule has 1 aliphatic rings. The Morgan fingerprint density at radius 2 is 1.90 bits per heavy atom. The van der Waals surface area contributed by atoms with Gasteiger partial charge in [0, 0.05) is 5.56 Å². The van der Waals surface area contributed by atoms with Crippen molar-refractivity contribution in [3.05, 3.63) is 65.7 Å². The Kier molecular flexibility index (Phi) is 7.34. The molecule has 2 aromatic rings. The van der Waals surface area contributed by atoms with Crippen LogP contribution in [0.1, 0.15) is 24.1 Å². The fraction of sp³-hybridized carbons (Fsp3) is 0.318. The summed E-state index contributed by atoms with van der Waals surface area (Å²) in [6.45, 7) is 4.90. The first kappa shape index (κ1) is 20.5. The lowest BCUT2D eigenvalue weighted by Crippen LogP contribution is -3.15. The molecule has 1 fully saturated rings. The van der Waals surface area contributed by atoms with E-state index < -0.39 is 0 Å². The maximum atomic E-state index is 12.2. The van der Waals surface area contributed by atoms with Gasteiger partial charge in [-0.3, -0.25) is 4.79 Å². The molecule has 0 bridgehead atoms. The number of nitrogens with one attached hydrogen (secondary N) is 2. The second kappa shape index (κ2) is 10.4. The molecule has 1 heterocycles. The number of nitrogens with zero attached hydrogens (tertiary/aromatic N) is 2. The number of hydrogen-bond donors (Lipinski definition) is 2. The number of nitriles is 1. The minimum atomic E-state index is -0.374. The van der Waals surface area contributed by atoms with Crippen LogP contribution in [0, 0.1) is 11.3 Å². The van der Waals surface area contributed by atoms with E-state index in [1.165, 1.54) is 4.90 Å². The van der Waals surface area contributed by atoms with Crippen molar-refractivity contribution in [3.8, 4) is 11.8 Å². The predicted molar refractivity (Wildman–Crippen MR) is 109 cm³/mol. The van der Waals surface area contributed by atoms with E-state index in [4.69, 9.17) is 14.7 Å². The van der Waals surface area contributed by atoms with Gasteiger partial charge in [-0.25, -0.2) is 5.43 Å². The summed E-state index contributed by atoms with van der Waals surface area (Å²) in [6, 6.07) is 19.1. The Bertz CT molecular complexity index is 886. The standard InChI is InChI=1S/C22H24N4O3/c1-17(22(18-7-3-2-4-8-18)26-11-13-28-14-12-26)24-25-21(27)16-29-20-10-6-5-9-19(20)15-23/h2-10,22H,11-14,16H2,1H3,(H,25,27)/p+1/b24-17-/t22-/m1/s1. The summed E-state index contributed by atoms with van der Waals surface area (Å²) in [6.07, 6.45) is 0. The third-order valence-electron chi connectivity index (χ3n) is 4.82. The first-order valence-corrected chi connectivity index (χ1v) is 9.61. The maximum absolute atomic E-state index is 12.2. The number of rotatable bonds is 7. The van der Waals surface area contributed by atoms with E-state index in [1.807, 2.05) is 31.2 Å². The number of ether oxygens (including phenoxy) is 2. The molecule has 0 spiro atoms. The quantitative estimate of drug-likeness (QED) is 0.544. The first-order chi connectivity index (χ1) is 14.2. The molecular weight excluding hydrogens is 368 g/mol. The van der Waals surface area contributed by atoms with Gasteiger partial charge in [0.05, 0.1) is 24.5 Å². The fourth-order valence-electron chi connectivity index (χ4n) is 3.42. The molecule has 0 aliphatic carbocycles. The smallest absolute Gasteiger partial charge is 0.277 e. The zero-order chi connectivity index (χ0) is 20.5. The van der Waals surface area contributed by atoms with Crippen molar-refractivity contribution in [2.75, 3.05) is 32.9 Å². The fourth-order valence-corrected chi connectivity index (χ4v) is 3.42. The van der Waals surface area contributed by atoms with Crippen LogP contribution < -0.4 is 15.1 Å². The molecule has 0 aromatic heterocycles. The largest absolute Gasteiger partial charge is 0.482 e. The molecule has 7 nitrogen and oxygen atoms in total. The van der Waals surface area contributed by atoms with Crippen LogP contribution in [-0.2, 0) is 9.53 Å². The van der Waals surface area contributed by atoms with Gasteiger partial charge in [0.25, 0.3) is 5.91 Å². The molecule has 1 amide bonds. The average molecular weight is 393 g/mol. The summed E-state index contributed by atoms with van der Waals surface area (Å²) < 4.78 is 10.9. The second-order valence-electron chi connectivity index (χ2n) is 6.80. The molecule has 3 rings (SSSR count). The van der Waals surface area contributed by atoms with E-state index in [0.29, 0.717) is 24.5 Å². The third-order valence-corrected chi connectivity index (χ3v) is 4.82. The molecular formula is C22H25N4O3+. The molecule has 0 saturated carbocycles. The lowest BCUT2D eigenvalue weighted by atomic mass is 10.0. The number of morpholine rings is 1. The summed E-state index contributed by atoms with van der Waals surface area (Å²) >= 11 is 0. The van der Waals surface area contributed by atoms with Crippen LogP contribution in [0.5, 0.6) is 5.75 Å². The van der Waals surface area contributed by atoms with Crippen LogP contribution in [0.4, 0.5) is 0 Å². The number of carbonyl (C=O) groups is 1. The summed E-state index contributed by atoms with van der Waals surface area (Å²) in [5, 5.41) is 13.4. The normalized spacial score (nSPS) is 15.9. The number of para-hydroxylation sites is 1. The number of amides is 1. The van der Waals surface area contributed by atoms with Crippen LogP contribution in [0.3, 0.4) is 0 Å². The minimum absolute atomic E-state index is 0.0423. The van der Waals surface area contributed by atoms with Crippen molar-refractivity contribution in [3.63, 3.8) is 0 Å². The van der Waals surface area contributed by atoms with Crippen molar-refractivity contribution >= 4 is 11.6 Å². The highest BCUT2D eigenvalue weighted by Crippen LogP contribution is 2.16. The first-order valence-electron chi connectivity index (χ1n) is 9.61. The molecule has 1 atom stereocenters.